The third kappa shape index (κ3) is 4.71. The first-order valence-corrected chi connectivity index (χ1v) is 13.5. The van der Waals surface area contributed by atoms with Crippen LogP contribution in [0.4, 0.5) is 0 Å². The van der Waals surface area contributed by atoms with Crippen molar-refractivity contribution in [1.82, 2.24) is 9.13 Å². The van der Waals surface area contributed by atoms with Gasteiger partial charge in [0.1, 0.15) is 48.8 Å². The van der Waals surface area contributed by atoms with Crippen molar-refractivity contribution in [3.05, 3.63) is 34.7 Å². The van der Waals surface area contributed by atoms with Gasteiger partial charge >= 0.3 is 5.69 Å². The Morgan fingerprint density at radius 3 is 1.55 bits per heavy atom. The van der Waals surface area contributed by atoms with E-state index in [0.717, 1.165) is 0 Å². The lowest BCUT2D eigenvalue weighted by atomic mass is 10.1. The standard InChI is InChI=1S/C27H38N2O11/c1-26(2)37-21-19(33-5)17(35-23(21)39-26)15(30)11-28-13-9-7-8-10-14(13)29(25(28)32)12-16(31)18-20(34-6)22-24(36-18)40-27(3,4)38-22/h7-10,15-24,30-31H,11-12H2,1-6H3/t15-,16-,17-,18-,19+,20+,21-,22-,23-,24-/m1/s1. The molecule has 1 aromatic carbocycles. The van der Waals surface area contributed by atoms with Crippen LogP contribution in [0.25, 0.3) is 11.0 Å². The molecule has 4 saturated heterocycles. The van der Waals surface area contributed by atoms with E-state index in [9.17, 15) is 15.0 Å². The molecule has 0 amide bonds. The molecule has 13 heteroatoms. The molecule has 4 fully saturated rings. The zero-order valence-corrected chi connectivity index (χ0v) is 23.5. The van der Waals surface area contributed by atoms with Crippen molar-refractivity contribution in [3.8, 4) is 0 Å². The number of aliphatic hydroxyl groups excluding tert-OH is 2. The predicted molar refractivity (Wildman–Crippen MR) is 137 cm³/mol. The molecule has 0 spiro atoms. The van der Waals surface area contributed by atoms with Gasteiger partial charge in [0, 0.05) is 14.2 Å². The number of fused-ring (bicyclic) bond motifs is 3. The van der Waals surface area contributed by atoms with Gasteiger partial charge in [0.15, 0.2) is 24.2 Å². The van der Waals surface area contributed by atoms with Crippen molar-refractivity contribution in [1.29, 1.82) is 0 Å². The van der Waals surface area contributed by atoms with Crippen molar-refractivity contribution < 1.29 is 48.1 Å². The van der Waals surface area contributed by atoms with Crippen LogP contribution in [0.3, 0.4) is 0 Å². The molecule has 0 aliphatic carbocycles. The van der Waals surface area contributed by atoms with E-state index < -0.39 is 78.7 Å². The molecule has 13 nitrogen and oxygen atoms in total. The van der Waals surface area contributed by atoms with Gasteiger partial charge in [-0.2, -0.15) is 0 Å². The lowest BCUT2D eigenvalue weighted by molar-refractivity contribution is -0.228. The molecular weight excluding hydrogens is 528 g/mol. The molecule has 40 heavy (non-hydrogen) atoms. The monoisotopic (exact) mass is 566 g/mol. The summed E-state index contributed by atoms with van der Waals surface area (Å²) >= 11 is 0. The summed E-state index contributed by atoms with van der Waals surface area (Å²) in [6.07, 6.45) is -7.36. The molecule has 0 bridgehead atoms. The van der Waals surface area contributed by atoms with Crippen LogP contribution in [-0.4, -0.2) is 107 Å². The highest BCUT2D eigenvalue weighted by atomic mass is 16.9. The van der Waals surface area contributed by atoms with Gasteiger partial charge in [0.25, 0.3) is 0 Å². The molecule has 0 radical (unpaired) electrons. The minimum atomic E-state index is -1.11. The lowest BCUT2D eigenvalue weighted by Gasteiger charge is -2.28. The number of hydrogen-bond donors (Lipinski definition) is 2. The van der Waals surface area contributed by atoms with Gasteiger partial charge in [0.05, 0.1) is 24.1 Å². The molecule has 10 atom stereocenters. The summed E-state index contributed by atoms with van der Waals surface area (Å²) in [7, 11) is 3.04. The second-order valence-electron chi connectivity index (χ2n) is 11.7. The number of aromatic nitrogens is 2. The van der Waals surface area contributed by atoms with E-state index in [-0.39, 0.29) is 13.1 Å². The summed E-state index contributed by atoms with van der Waals surface area (Å²) in [6.45, 7) is 7.00. The first kappa shape index (κ1) is 28.2. The SMILES string of the molecule is CO[C@@H]1[C@H]2OC(C)(C)O[C@H]2O[C@@H]1[C@H](O)Cn1c(=O)n(C[C@@H](O)[C@H]2O[C@@H]3OC(C)(C)O[C@@H]3[C@H]2OC)c2ccccc21. The van der Waals surface area contributed by atoms with Gasteiger partial charge in [-0.25, -0.2) is 4.79 Å². The number of methoxy groups -OCH3 is 2. The predicted octanol–water partition coefficient (Wildman–Crippen LogP) is 0.308. The van der Waals surface area contributed by atoms with Crippen LogP contribution >= 0.6 is 0 Å². The summed E-state index contributed by atoms with van der Waals surface area (Å²) in [5, 5.41) is 22.5. The fraction of sp³-hybridized carbons (Fsp3) is 0.741. The summed E-state index contributed by atoms with van der Waals surface area (Å²) in [6, 6.07) is 7.19. The van der Waals surface area contributed by atoms with Crippen molar-refractivity contribution in [2.75, 3.05) is 14.2 Å². The van der Waals surface area contributed by atoms with E-state index in [1.165, 1.54) is 23.4 Å². The Morgan fingerprint density at radius 1 is 0.775 bits per heavy atom. The fourth-order valence-electron chi connectivity index (χ4n) is 6.37. The van der Waals surface area contributed by atoms with E-state index >= 15 is 0 Å². The molecule has 0 unspecified atom stereocenters. The number of benzene rings is 1. The van der Waals surface area contributed by atoms with E-state index in [4.69, 9.17) is 37.9 Å². The normalized spacial score (nSPS) is 37.6. The Labute approximate surface area is 231 Å². The zero-order chi connectivity index (χ0) is 28.6. The maximum Gasteiger partial charge on any atom is 0.329 e. The average Bonchev–Trinajstić information content (AvgIpc) is 3.63. The molecule has 2 N–H and O–H groups in total. The summed E-state index contributed by atoms with van der Waals surface area (Å²) in [4.78, 5) is 13.7. The Morgan fingerprint density at radius 2 is 1.18 bits per heavy atom. The van der Waals surface area contributed by atoms with Gasteiger partial charge in [-0.3, -0.25) is 9.13 Å². The van der Waals surface area contributed by atoms with Gasteiger partial charge < -0.3 is 48.1 Å². The largest absolute Gasteiger partial charge is 0.388 e. The molecular formula is C27H38N2O11. The first-order valence-electron chi connectivity index (χ1n) is 13.5. The Hall–Kier alpha value is -1.91. The van der Waals surface area contributed by atoms with Gasteiger partial charge in [0.2, 0.25) is 0 Å². The van der Waals surface area contributed by atoms with Crippen molar-refractivity contribution in [2.24, 2.45) is 0 Å². The van der Waals surface area contributed by atoms with Crippen molar-refractivity contribution >= 4 is 11.0 Å². The van der Waals surface area contributed by atoms with E-state index in [2.05, 4.69) is 0 Å². The highest BCUT2D eigenvalue weighted by molar-refractivity contribution is 5.76. The van der Waals surface area contributed by atoms with Crippen LogP contribution in [-0.2, 0) is 51.0 Å². The Balaban J connectivity index is 1.22. The molecule has 2 aromatic rings. The number of imidazole rings is 1. The number of ether oxygens (including phenoxy) is 8. The smallest absolute Gasteiger partial charge is 0.329 e. The van der Waals surface area contributed by atoms with Gasteiger partial charge in [-0.1, -0.05) is 12.1 Å². The lowest BCUT2D eigenvalue weighted by Crippen LogP contribution is -2.46. The molecule has 1 aromatic heterocycles. The molecule has 6 rings (SSSR count). The number of hydrogen-bond acceptors (Lipinski definition) is 11. The topological polar surface area (TPSA) is 141 Å². The Kier molecular flexibility index (Phi) is 7.14. The highest BCUT2D eigenvalue weighted by Crippen LogP contribution is 2.41. The third-order valence-electron chi connectivity index (χ3n) is 8.02. The minimum absolute atomic E-state index is 0.0721. The van der Waals surface area contributed by atoms with E-state index in [1.807, 2.05) is 12.1 Å². The van der Waals surface area contributed by atoms with Gasteiger partial charge in [-0.05, 0) is 39.8 Å². The maximum atomic E-state index is 13.7. The van der Waals surface area contributed by atoms with Crippen LogP contribution in [0, 0.1) is 0 Å². The second kappa shape index (κ2) is 10.1. The van der Waals surface area contributed by atoms with Crippen molar-refractivity contribution in [3.63, 3.8) is 0 Å². The van der Waals surface area contributed by atoms with Crippen LogP contribution < -0.4 is 5.69 Å². The van der Waals surface area contributed by atoms with E-state index in [0.29, 0.717) is 11.0 Å². The maximum absolute atomic E-state index is 13.7. The summed E-state index contributed by atoms with van der Waals surface area (Å²) in [5.74, 6) is -1.66. The van der Waals surface area contributed by atoms with Crippen LogP contribution in [0.2, 0.25) is 0 Å². The minimum Gasteiger partial charge on any atom is -0.388 e. The molecule has 4 aliphatic heterocycles. The number of para-hydroxylation sites is 2. The number of nitrogens with zero attached hydrogens (tertiary/aromatic N) is 2. The molecule has 222 valence electrons. The zero-order valence-electron chi connectivity index (χ0n) is 23.5. The molecule has 5 heterocycles. The molecule has 4 aliphatic rings. The van der Waals surface area contributed by atoms with Crippen molar-refractivity contribution in [2.45, 2.75) is 114 Å². The Bertz CT molecular complexity index is 1200. The quantitative estimate of drug-likeness (QED) is 0.456. The van der Waals surface area contributed by atoms with Gasteiger partial charge in [-0.15, -0.1) is 0 Å². The average molecular weight is 567 g/mol. The fourth-order valence-corrected chi connectivity index (χ4v) is 6.37. The van der Waals surface area contributed by atoms with Crippen LogP contribution in [0.1, 0.15) is 27.7 Å². The first-order chi connectivity index (χ1) is 18.9. The number of aliphatic hydroxyl groups is 2. The second-order valence-corrected chi connectivity index (χ2v) is 11.7. The summed E-state index contributed by atoms with van der Waals surface area (Å²) < 4.78 is 49.6. The molecule has 0 saturated carbocycles. The number of rotatable bonds is 8. The summed E-state index contributed by atoms with van der Waals surface area (Å²) in [5.41, 5.74) is 0.793. The van der Waals surface area contributed by atoms with E-state index in [1.54, 1.807) is 39.8 Å². The van der Waals surface area contributed by atoms with Crippen LogP contribution in [0.15, 0.2) is 29.1 Å². The van der Waals surface area contributed by atoms with Crippen LogP contribution in [0.5, 0.6) is 0 Å². The highest BCUT2D eigenvalue weighted by Gasteiger charge is 2.58. The third-order valence-corrected chi connectivity index (χ3v) is 8.02.